The van der Waals surface area contributed by atoms with E-state index in [2.05, 4.69) is 16.7 Å². The number of rotatable bonds is 3. The molecule has 1 fully saturated rings. The molecule has 2 atom stereocenters. The number of alkyl halides is 3. The van der Waals surface area contributed by atoms with Crippen LogP contribution in [0.1, 0.15) is 36.8 Å². The number of anilines is 1. The van der Waals surface area contributed by atoms with E-state index in [-0.39, 0.29) is 6.42 Å². The summed E-state index contributed by atoms with van der Waals surface area (Å²) in [5, 5.41) is 6.50. The molecule has 0 bridgehead atoms. The van der Waals surface area contributed by atoms with Crippen molar-refractivity contribution in [2.45, 2.75) is 50.9 Å². The molecule has 0 spiro atoms. The molecule has 21 heavy (non-hydrogen) atoms. The first-order valence-corrected chi connectivity index (χ1v) is 7.70. The molecule has 0 aromatic heterocycles. The van der Waals surface area contributed by atoms with Crippen LogP contribution in [0.5, 0.6) is 0 Å². The van der Waals surface area contributed by atoms with Crippen molar-refractivity contribution in [1.29, 1.82) is 0 Å². The summed E-state index contributed by atoms with van der Waals surface area (Å²) in [5.74, 6) is -1.20. The molecule has 2 unspecified atom stereocenters. The number of hydrogen-bond acceptors (Lipinski definition) is 2. The van der Waals surface area contributed by atoms with Crippen molar-refractivity contribution < 1.29 is 13.2 Å². The molecule has 116 valence electrons. The van der Waals surface area contributed by atoms with E-state index in [0.29, 0.717) is 19.4 Å². The summed E-state index contributed by atoms with van der Waals surface area (Å²) in [5.41, 5.74) is 3.46. The van der Waals surface area contributed by atoms with Gasteiger partial charge in [-0.3, -0.25) is 0 Å². The van der Waals surface area contributed by atoms with Crippen LogP contribution in [-0.2, 0) is 13.0 Å². The first-order valence-electron chi connectivity index (χ1n) is 7.70. The van der Waals surface area contributed by atoms with Gasteiger partial charge in [-0.2, -0.15) is 13.2 Å². The van der Waals surface area contributed by atoms with Gasteiger partial charge in [0.05, 0.1) is 5.92 Å². The Hall–Kier alpha value is -1.23. The summed E-state index contributed by atoms with van der Waals surface area (Å²) in [4.78, 5) is 0. The van der Waals surface area contributed by atoms with Gasteiger partial charge < -0.3 is 10.6 Å². The first-order chi connectivity index (χ1) is 10.1. The Labute approximate surface area is 123 Å². The van der Waals surface area contributed by atoms with Gasteiger partial charge in [-0.05, 0) is 30.4 Å². The van der Waals surface area contributed by atoms with Crippen molar-refractivity contribution in [2.24, 2.45) is 5.92 Å². The minimum atomic E-state index is -4.09. The Morgan fingerprint density at radius 2 is 2.00 bits per heavy atom. The van der Waals surface area contributed by atoms with Crippen molar-refractivity contribution in [3.8, 4) is 0 Å². The molecule has 1 aliphatic heterocycles. The number of nitrogens with one attached hydrogen (secondary N) is 2. The summed E-state index contributed by atoms with van der Waals surface area (Å²) in [6, 6.07) is 5.62. The Bertz CT molecular complexity index is 499. The van der Waals surface area contributed by atoms with E-state index in [1.54, 1.807) is 0 Å². The third-order valence-electron chi connectivity index (χ3n) is 4.67. The molecular formula is C16H21F3N2. The van der Waals surface area contributed by atoms with Crippen LogP contribution in [0, 0.1) is 5.92 Å². The summed E-state index contributed by atoms with van der Waals surface area (Å²) in [7, 11) is 0. The van der Waals surface area contributed by atoms with E-state index in [1.165, 1.54) is 5.56 Å². The van der Waals surface area contributed by atoms with Crippen molar-refractivity contribution in [3.63, 3.8) is 0 Å². The second kappa shape index (κ2) is 5.87. The maximum atomic E-state index is 13.1. The lowest BCUT2D eigenvalue weighted by Crippen LogP contribution is -2.45. The van der Waals surface area contributed by atoms with Crippen LogP contribution in [0.3, 0.4) is 0 Å². The van der Waals surface area contributed by atoms with E-state index >= 15 is 0 Å². The van der Waals surface area contributed by atoms with Gasteiger partial charge in [0.25, 0.3) is 0 Å². The normalized spacial score (nSPS) is 25.5. The highest BCUT2D eigenvalue weighted by Gasteiger charge is 2.45. The second-order valence-corrected chi connectivity index (χ2v) is 6.05. The van der Waals surface area contributed by atoms with Gasteiger partial charge >= 0.3 is 6.18 Å². The SMILES string of the molecule is FC(F)(F)C1CCCCC1NCc1cccc2c1NCC2. The molecule has 0 amide bonds. The average molecular weight is 298 g/mol. The third kappa shape index (κ3) is 3.18. The van der Waals surface area contributed by atoms with Crippen molar-refractivity contribution in [3.05, 3.63) is 29.3 Å². The molecule has 5 heteroatoms. The fourth-order valence-electron chi connectivity index (χ4n) is 3.57. The summed E-state index contributed by atoms with van der Waals surface area (Å²) in [6.07, 6.45) is -0.647. The highest BCUT2D eigenvalue weighted by Crippen LogP contribution is 2.38. The highest BCUT2D eigenvalue weighted by atomic mass is 19.4. The van der Waals surface area contributed by atoms with E-state index < -0.39 is 18.1 Å². The fraction of sp³-hybridized carbons (Fsp3) is 0.625. The van der Waals surface area contributed by atoms with Crippen LogP contribution in [-0.4, -0.2) is 18.8 Å². The molecule has 0 radical (unpaired) electrons. The van der Waals surface area contributed by atoms with Crippen LogP contribution >= 0.6 is 0 Å². The molecule has 1 aromatic carbocycles. The zero-order chi connectivity index (χ0) is 14.9. The van der Waals surface area contributed by atoms with Gasteiger partial charge in [0, 0.05) is 24.8 Å². The lowest BCUT2D eigenvalue weighted by atomic mass is 9.84. The molecule has 2 N–H and O–H groups in total. The lowest BCUT2D eigenvalue weighted by molar-refractivity contribution is -0.189. The summed E-state index contributed by atoms with van der Waals surface area (Å²) >= 11 is 0. The maximum absolute atomic E-state index is 13.1. The van der Waals surface area contributed by atoms with E-state index in [9.17, 15) is 13.2 Å². The quantitative estimate of drug-likeness (QED) is 0.885. The van der Waals surface area contributed by atoms with Crippen LogP contribution in [0.2, 0.25) is 0 Å². The van der Waals surface area contributed by atoms with Crippen LogP contribution in [0.4, 0.5) is 18.9 Å². The Kier molecular flexibility index (Phi) is 4.11. The predicted octanol–water partition coefficient (Wildman–Crippen LogP) is 3.87. The topological polar surface area (TPSA) is 24.1 Å². The molecule has 3 rings (SSSR count). The van der Waals surface area contributed by atoms with Gasteiger partial charge in [-0.25, -0.2) is 0 Å². The molecule has 1 saturated carbocycles. The Morgan fingerprint density at radius 1 is 1.19 bits per heavy atom. The maximum Gasteiger partial charge on any atom is 0.393 e. The number of hydrogen-bond donors (Lipinski definition) is 2. The summed E-state index contributed by atoms with van der Waals surface area (Å²) in [6.45, 7) is 1.42. The van der Waals surface area contributed by atoms with Crippen LogP contribution < -0.4 is 10.6 Å². The second-order valence-electron chi connectivity index (χ2n) is 6.05. The van der Waals surface area contributed by atoms with Gasteiger partial charge in [0.1, 0.15) is 0 Å². The number of benzene rings is 1. The highest BCUT2D eigenvalue weighted by molar-refractivity contribution is 5.61. The molecule has 1 aromatic rings. The molecule has 2 nitrogen and oxygen atoms in total. The molecule has 2 aliphatic rings. The zero-order valence-electron chi connectivity index (χ0n) is 12.0. The van der Waals surface area contributed by atoms with Gasteiger partial charge in [-0.15, -0.1) is 0 Å². The van der Waals surface area contributed by atoms with Gasteiger partial charge in [-0.1, -0.05) is 31.0 Å². The van der Waals surface area contributed by atoms with E-state index in [0.717, 1.165) is 30.6 Å². The monoisotopic (exact) mass is 298 g/mol. The number of halogens is 3. The van der Waals surface area contributed by atoms with Crippen molar-refractivity contribution in [1.82, 2.24) is 5.32 Å². The molecular weight excluding hydrogens is 277 g/mol. The first kappa shape index (κ1) is 14.7. The number of fused-ring (bicyclic) bond motifs is 1. The molecule has 1 aliphatic carbocycles. The predicted molar refractivity (Wildman–Crippen MR) is 77.3 cm³/mol. The molecule has 1 heterocycles. The van der Waals surface area contributed by atoms with Crippen LogP contribution in [0.15, 0.2) is 18.2 Å². The summed E-state index contributed by atoms with van der Waals surface area (Å²) < 4.78 is 39.3. The Balaban J connectivity index is 1.68. The lowest BCUT2D eigenvalue weighted by Gasteiger charge is -2.33. The van der Waals surface area contributed by atoms with Gasteiger partial charge in [0.2, 0.25) is 0 Å². The minimum Gasteiger partial charge on any atom is -0.384 e. The largest absolute Gasteiger partial charge is 0.393 e. The van der Waals surface area contributed by atoms with Crippen molar-refractivity contribution >= 4 is 5.69 Å². The van der Waals surface area contributed by atoms with Gasteiger partial charge in [0.15, 0.2) is 0 Å². The minimum absolute atomic E-state index is 0.256. The number of para-hydroxylation sites is 1. The van der Waals surface area contributed by atoms with Crippen LogP contribution in [0.25, 0.3) is 0 Å². The van der Waals surface area contributed by atoms with Crippen molar-refractivity contribution in [2.75, 3.05) is 11.9 Å². The van der Waals surface area contributed by atoms with E-state index in [1.807, 2.05) is 12.1 Å². The Morgan fingerprint density at radius 3 is 2.81 bits per heavy atom. The molecule has 0 saturated heterocycles. The standard InChI is InChI=1S/C16H21F3N2/c17-16(18,19)13-6-1-2-7-14(13)21-10-12-5-3-4-11-8-9-20-15(11)12/h3-5,13-14,20-21H,1-2,6-10H2. The third-order valence-corrected chi connectivity index (χ3v) is 4.67. The average Bonchev–Trinajstić information content (AvgIpc) is 2.93. The zero-order valence-corrected chi connectivity index (χ0v) is 12.0. The van der Waals surface area contributed by atoms with E-state index in [4.69, 9.17) is 0 Å². The fourth-order valence-corrected chi connectivity index (χ4v) is 3.57. The smallest absolute Gasteiger partial charge is 0.384 e.